The average Bonchev–Trinajstić information content (AvgIpc) is 0. The van der Waals surface area contributed by atoms with Crippen LogP contribution in [-0.4, -0.2) is 17.4 Å². The van der Waals surface area contributed by atoms with Crippen molar-refractivity contribution in [3.63, 3.8) is 0 Å². The molecule has 0 aliphatic rings. The zero-order valence-corrected chi connectivity index (χ0v) is 7.07. The fourth-order valence-corrected chi connectivity index (χ4v) is 0. The van der Waals surface area contributed by atoms with Gasteiger partial charge in [0.15, 0.2) is 17.4 Å². The molecule has 0 fully saturated rings. The molecular formula is H9AlBr3N. The number of hydrogen-bond acceptors (Lipinski definition) is 1. The van der Waals surface area contributed by atoms with E-state index in [2.05, 4.69) is 0 Å². The number of rotatable bonds is 0. The van der Waals surface area contributed by atoms with Crippen LogP contribution in [0.25, 0.3) is 0 Å². The van der Waals surface area contributed by atoms with Gasteiger partial charge >= 0.3 is 0 Å². The Balaban J connectivity index is 0. The smallest absolute Gasteiger partial charge is 0.187 e. The van der Waals surface area contributed by atoms with Crippen molar-refractivity contribution < 1.29 is 0 Å². The van der Waals surface area contributed by atoms with E-state index in [0.29, 0.717) is 0 Å². The van der Waals surface area contributed by atoms with Gasteiger partial charge in [0.05, 0.1) is 0 Å². The van der Waals surface area contributed by atoms with Gasteiger partial charge in [-0.15, -0.1) is 50.9 Å². The van der Waals surface area contributed by atoms with Crippen molar-refractivity contribution in [1.82, 2.24) is 6.15 Å². The fraction of sp³-hybridized carbons (Fsp3) is 0. The molecule has 0 aromatic heterocycles. The topological polar surface area (TPSA) is 35.0 Å². The maximum absolute atomic E-state index is 0. The normalized spacial score (nSPS) is 0. The third kappa shape index (κ3) is 24.6. The average molecular weight is 290 g/mol. The highest BCUT2D eigenvalue weighted by molar-refractivity contribution is 8.93. The molecule has 38 valence electrons. The van der Waals surface area contributed by atoms with Gasteiger partial charge in [0.25, 0.3) is 0 Å². The van der Waals surface area contributed by atoms with Gasteiger partial charge in [-0.3, -0.25) is 0 Å². The van der Waals surface area contributed by atoms with E-state index in [1.54, 1.807) is 0 Å². The molecular weight excluding hydrogens is 281 g/mol. The molecule has 5 heavy (non-hydrogen) atoms. The highest BCUT2D eigenvalue weighted by Crippen LogP contribution is 0.848. The van der Waals surface area contributed by atoms with Gasteiger partial charge in [-0.1, -0.05) is 0 Å². The van der Waals surface area contributed by atoms with Gasteiger partial charge in [0.1, 0.15) is 0 Å². The van der Waals surface area contributed by atoms with Crippen LogP contribution in [0.4, 0.5) is 0 Å². The van der Waals surface area contributed by atoms with Crippen LogP contribution >= 0.6 is 50.9 Å². The van der Waals surface area contributed by atoms with Crippen molar-refractivity contribution in [1.29, 1.82) is 0 Å². The van der Waals surface area contributed by atoms with E-state index >= 15 is 0 Å². The minimum absolute atomic E-state index is 0. The molecule has 3 N–H and O–H groups in total. The Morgan fingerprint density at radius 1 is 0.600 bits per heavy atom. The summed E-state index contributed by atoms with van der Waals surface area (Å²) in [5.41, 5.74) is 0. The van der Waals surface area contributed by atoms with Gasteiger partial charge < -0.3 is 6.15 Å². The van der Waals surface area contributed by atoms with Crippen LogP contribution in [0.1, 0.15) is 0 Å². The molecule has 0 aromatic rings. The minimum atomic E-state index is 0. The Morgan fingerprint density at radius 3 is 0.600 bits per heavy atom. The lowest BCUT2D eigenvalue weighted by molar-refractivity contribution is 2.13. The molecule has 0 radical (unpaired) electrons. The van der Waals surface area contributed by atoms with E-state index in [4.69, 9.17) is 0 Å². The quantitative estimate of drug-likeness (QED) is 0.655. The largest absolute Gasteiger partial charge is 0.344 e. The molecule has 0 amide bonds. The molecule has 0 aromatic carbocycles. The Hall–Kier alpha value is 1.93. The van der Waals surface area contributed by atoms with Crippen molar-refractivity contribution >= 4 is 68.3 Å². The Labute approximate surface area is 73.9 Å². The third-order valence-corrected chi connectivity index (χ3v) is 0. The first kappa shape index (κ1) is 65.3. The second kappa shape index (κ2) is 38.6. The van der Waals surface area contributed by atoms with Crippen molar-refractivity contribution in [3.05, 3.63) is 0 Å². The van der Waals surface area contributed by atoms with Crippen molar-refractivity contribution in [3.8, 4) is 0 Å². The van der Waals surface area contributed by atoms with Crippen molar-refractivity contribution in [2.45, 2.75) is 0 Å². The molecule has 5 heteroatoms. The van der Waals surface area contributed by atoms with Crippen LogP contribution in [0.2, 0.25) is 0 Å². The van der Waals surface area contributed by atoms with Gasteiger partial charge in [-0.25, -0.2) is 0 Å². The SMILES string of the molecule is Br.Br.Br.N.[AlH3]. The molecule has 1 nitrogen and oxygen atoms in total. The summed E-state index contributed by atoms with van der Waals surface area (Å²) in [6, 6.07) is 0. The summed E-state index contributed by atoms with van der Waals surface area (Å²) in [6.07, 6.45) is 0. The summed E-state index contributed by atoms with van der Waals surface area (Å²) in [5.74, 6) is 0. The summed E-state index contributed by atoms with van der Waals surface area (Å²) in [5, 5.41) is 0. The van der Waals surface area contributed by atoms with Crippen LogP contribution in [0, 0.1) is 0 Å². The molecule has 0 unspecified atom stereocenters. The van der Waals surface area contributed by atoms with E-state index in [-0.39, 0.29) is 74.5 Å². The van der Waals surface area contributed by atoms with Crippen LogP contribution in [0.3, 0.4) is 0 Å². The summed E-state index contributed by atoms with van der Waals surface area (Å²) in [6.45, 7) is 0. The predicted octanol–water partition coefficient (Wildman–Crippen LogP) is 0.712. The molecule has 0 saturated carbocycles. The summed E-state index contributed by atoms with van der Waals surface area (Å²) >= 11 is 0. The molecule has 0 rings (SSSR count). The Bertz CT molecular complexity index is 6.85. The minimum Gasteiger partial charge on any atom is -0.344 e. The van der Waals surface area contributed by atoms with Crippen LogP contribution in [0.15, 0.2) is 0 Å². The molecule has 0 spiro atoms. The van der Waals surface area contributed by atoms with Crippen LogP contribution < -0.4 is 6.15 Å². The predicted molar refractivity (Wildman–Crippen MR) is 45.9 cm³/mol. The lowest BCUT2D eigenvalue weighted by atomic mass is 14.0. The zero-order valence-electron chi connectivity index (χ0n) is 1.93. The highest BCUT2D eigenvalue weighted by Gasteiger charge is 0.187. The molecule has 0 saturated heterocycles. The molecule has 0 heterocycles. The standard InChI is InChI=1S/Al.3BrH.H3N.3H/h;3*1H;1H3;;;. The van der Waals surface area contributed by atoms with Crippen molar-refractivity contribution in [2.75, 3.05) is 0 Å². The molecule has 0 aliphatic heterocycles. The fourth-order valence-electron chi connectivity index (χ4n) is 0. The highest BCUT2D eigenvalue weighted by atomic mass is 79.9. The monoisotopic (exact) mass is 287 g/mol. The first-order valence-electron chi connectivity index (χ1n) is 0. The molecule has 0 bridgehead atoms. The van der Waals surface area contributed by atoms with E-state index in [0.717, 1.165) is 0 Å². The first-order valence-corrected chi connectivity index (χ1v) is 0. The Kier molecular flexibility index (Phi) is 505. The van der Waals surface area contributed by atoms with Crippen LogP contribution in [-0.2, 0) is 0 Å². The maximum atomic E-state index is 0. The van der Waals surface area contributed by atoms with Gasteiger partial charge in [0.2, 0.25) is 0 Å². The van der Waals surface area contributed by atoms with Crippen LogP contribution in [0.5, 0.6) is 0 Å². The van der Waals surface area contributed by atoms with E-state index in [9.17, 15) is 0 Å². The lowest BCUT2D eigenvalue weighted by Gasteiger charge is -0.344. The van der Waals surface area contributed by atoms with Gasteiger partial charge in [-0.05, 0) is 0 Å². The second-order valence-electron chi connectivity index (χ2n) is 0. The second-order valence-corrected chi connectivity index (χ2v) is 0. The van der Waals surface area contributed by atoms with Gasteiger partial charge in [0, 0.05) is 0 Å². The molecule has 0 atom stereocenters. The first-order chi connectivity index (χ1) is 0. The van der Waals surface area contributed by atoms with E-state index < -0.39 is 0 Å². The van der Waals surface area contributed by atoms with E-state index in [1.165, 1.54) is 0 Å². The maximum Gasteiger partial charge on any atom is 0.187 e. The summed E-state index contributed by atoms with van der Waals surface area (Å²) in [7, 11) is 0. The lowest BCUT2D eigenvalue weighted by Crippen LogP contribution is -0.481. The zero-order chi connectivity index (χ0) is 0. The number of hydrogen-bond donors (Lipinski definition) is 1. The van der Waals surface area contributed by atoms with E-state index in [1.807, 2.05) is 0 Å². The number of halogens is 3. The van der Waals surface area contributed by atoms with Gasteiger partial charge in [-0.2, -0.15) is 0 Å². The summed E-state index contributed by atoms with van der Waals surface area (Å²) in [4.78, 5) is 0. The Morgan fingerprint density at radius 2 is 0.600 bits per heavy atom. The molecule has 0 aliphatic carbocycles. The summed E-state index contributed by atoms with van der Waals surface area (Å²) < 4.78 is 0. The third-order valence-electron chi connectivity index (χ3n) is 0. The van der Waals surface area contributed by atoms with Crippen molar-refractivity contribution in [2.24, 2.45) is 0 Å².